The molecule has 1 amide bonds. The van der Waals surface area contributed by atoms with E-state index >= 15 is 0 Å². The lowest BCUT2D eigenvalue weighted by Gasteiger charge is -2.15. The number of ether oxygens (including phenoxy) is 2. The van der Waals surface area contributed by atoms with Crippen LogP contribution < -0.4 is 11.0 Å². The monoisotopic (exact) mass is 549 g/mol. The van der Waals surface area contributed by atoms with Crippen LogP contribution in [-0.4, -0.2) is 50.6 Å². The summed E-state index contributed by atoms with van der Waals surface area (Å²) in [5, 5.41) is 11.3. The number of carbonyl (C=O) groups excluding carboxylic acids is 2. The second kappa shape index (κ2) is 13.9. The van der Waals surface area contributed by atoms with E-state index in [1.807, 2.05) is 6.92 Å². The topological polar surface area (TPSA) is 147 Å². The van der Waals surface area contributed by atoms with E-state index in [1.165, 1.54) is 29.5 Å². The number of pyridine rings is 2. The number of aryl methyl sites for hydroxylation is 1. The molecule has 0 saturated heterocycles. The molecule has 0 radical (unpaired) electrons. The Kier molecular flexibility index (Phi) is 10.4. The molecule has 0 saturated carbocycles. The minimum Gasteiger partial charge on any atom is -0.462 e. The number of hydrogen-bond acceptors (Lipinski definition) is 8. The molecule has 0 aliphatic carbocycles. The second-order valence-corrected chi connectivity index (χ2v) is 8.53. The first kappa shape index (κ1) is 29.8. The summed E-state index contributed by atoms with van der Waals surface area (Å²) in [6.07, 6.45) is 5.86. The first-order chi connectivity index (χ1) is 19.2. The van der Waals surface area contributed by atoms with E-state index in [1.54, 1.807) is 35.9 Å². The lowest BCUT2D eigenvalue weighted by atomic mass is 10.2. The molecule has 0 aromatic carbocycles. The van der Waals surface area contributed by atoms with Gasteiger partial charge in [-0.2, -0.15) is 4.99 Å². The van der Waals surface area contributed by atoms with Crippen molar-refractivity contribution in [2.45, 2.75) is 40.2 Å². The van der Waals surface area contributed by atoms with Gasteiger partial charge in [0.15, 0.2) is 5.49 Å². The molecule has 0 N–H and O–H groups in total. The molecule has 3 rings (SSSR count). The van der Waals surface area contributed by atoms with Crippen LogP contribution in [0.3, 0.4) is 0 Å². The Balaban J connectivity index is 2.24. The number of nitrogens with zero attached hydrogens (tertiary/aromatic N) is 5. The highest BCUT2D eigenvalue weighted by Gasteiger charge is 2.20. The van der Waals surface area contributed by atoms with Gasteiger partial charge in [0.2, 0.25) is 0 Å². The van der Waals surface area contributed by atoms with Gasteiger partial charge in [-0.15, -0.1) is 0 Å². The summed E-state index contributed by atoms with van der Waals surface area (Å²) in [6.45, 7) is 9.69. The van der Waals surface area contributed by atoms with Gasteiger partial charge in [-0.3, -0.25) is 24.1 Å². The summed E-state index contributed by atoms with van der Waals surface area (Å²) in [5.74, 6) is -1.37. The van der Waals surface area contributed by atoms with E-state index < -0.39 is 22.4 Å². The van der Waals surface area contributed by atoms with Gasteiger partial charge >= 0.3 is 5.97 Å². The number of amides is 1. The number of hydrogen-bond donors (Lipinski definition) is 0. The normalized spacial score (nSPS) is 12.6. The number of nitro groups is 1. The van der Waals surface area contributed by atoms with Crippen molar-refractivity contribution in [3.8, 4) is 0 Å². The van der Waals surface area contributed by atoms with Crippen LogP contribution in [0.5, 0.6) is 0 Å². The van der Waals surface area contributed by atoms with Gasteiger partial charge in [0.05, 0.1) is 16.9 Å². The van der Waals surface area contributed by atoms with Gasteiger partial charge in [0.1, 0.15) is 16.9 Å². The van der Waals surface area contributed by atoms with Crippen molar-refractivity contribution in [1.82, 2.24) is 14.0 Å². The third-order valence-corrected chi connectivity index (χ3v) is 5.84. The standard InChI is InChI=1S/C28H31N5O7/c1-5-22(33(37)38)19(4)12-10-14-24(34)30-26-21(28(36)40-7-3)18-20-25(32(26)16-11-17-39-6-2)29-23-13-8-9-15-31(23)27(20)35/h5,8-10,12-13,15,18H,1,6-7,11,14,16-17H2,2-4H3/b12-10+,22-19+,30-26?. The minimum absolute atomic E-state index is 0.00244. The highest BCUT2D eigenvalue weighted by molar-refractivity contribution is 5.93. The zero-order valence-electron chi connectivity index (χ0n) is 22.7. The van der Waals surface area contributed by atoms with E-state index in [2.05, 4.69) is 16.6 Å². The molecule has 0 fully saturated rings. The third kappa shape index (κ3) is 6.83. The first-order valence-electron chi connectivity index (χ1n) is 12.7. The van der Waals surface area contributed by atoms with Crippen molar-refractivity contribution in [2.24, 2.45) is 4.99 Å². The smallest absolute Gasteiger partial charge is 0.341 e. The summed E-state index contributed by atoms with van der Waals surface area (Å²) in [5.41, 5.74) is 0.312. The Hall–Kier alpha value is -4.71. The zero-order chi connectivity index (χ0) is 29.2. The molecule has 40 heavy (non-hydrogen) atoms. The lowest BCUT2D eigenvalue weighted by Crippen LogP contribution is -2.33. The van der Waals surface area contributed by atoms with Gasteiger partial charge in [-0.05, 0) is 45.4 Å². The molecular formula is C28H31N5O7. The van der Waals surface area contributed by atoms with Crippen LogP contribution in [0.1, 0.15) is 44.0 Å². The molecule has 210 valence electrons. The average Bonchev–Trinajstić information content (AvgIpc) is 2.92. The van der Waals surface area contributed by atoms with E-state index in [4.69, 9.17) is 9.47 Å². The van der Waals surface area contributed by atoms with Crippen LogP contribution in [0, 0.1) is 10.1 Å². The van der Waals surface area contributed by atoms with Crippen LogP contribution in [-0.2, 0) is 20.8 Å². The number of esters is 1. The minimum atomic E-state index is -0.747. The number of aromatic nitrogens is 3. The van der Waals surface area contributed by atoms with Crippen molar-refractivity contribution in [1.29, 1.82) is 0 Å². The molecule has 3 aromatic heterocycles. The summed E-state index contributed by atoms with van der Waals surface area (Å²) < 4.78 is 13.6. The molecular weight excluding hydrogens is 518 g/mol. The molecule has 3 heterocycles. The average molecular weight is 550 g/mol. The Bertz CT molecular complexity index is 1650. The zero-order valence-corrected chi connectivity index (χ0v) is 22.7. The fourth-order valence-corrected chi connectivity index (χ4v) is 4.00. The number of fused-ring (bicyclic) bond motifs is 2. The summed E-state index contributed by atoms with van der Waals surface area (Å²) in [6, 6.07) is 6.47. The summed E-state index contributed by atoms with van der Waals surface area (Å²) >= 11 is 0. The SMILES string of the molecule is C=C/C(=C(C)\C=C\CC(=O)N=c1c(C(=O)OCC)cc2c(=O)n3ccccc3nc2n1CCCOCC)[N+](=O)[O-]. The maximum atomic E-state index is 13.4. The van der Waals surface area contributed by atoms with Crippen molar-refractivity contribution >= 4 is 28.6 Å². The largest absolute Gasteiger partial charge is 0.462 e. The van der Waals surface area contributed by atoms with Gasteiger partial charge < -0.3 is 14.0 Å². The van der Waals surface area contributed by atoms with E-state index in [0.717, 1.165) is 6.08 Å². The van der Waals surface area contributed by atoms with Crippen molar-refractivity contribution < 1.29 is 24.0 Å². The molecule has 0 unspecified atom stereocenters. The molecule has 0 spiro atoms. The quantitative estimate of drug-likeness (QED) is 0.0834. The van der Waals surface area contributed by atoms with Gasteiger partial charge in [0.25, 0.3) is 17.2 Å². The Morgan fingerprint density at radius 2 is 2.02 bits per heavy atom. The second-order valence-electron chi connectivity index (χ2n) is 8.53. The molecule has 0 aliphatic rings. The third-order valence-electron chi connectivity index (χ3n) is 5.84. The van der Waals surface area contributed by atoms with Gasteiger partial charge in [-0.25, -0.2) is 9.78 Å². The van der Waals surface area contributed by atoms with E-state index in [-0.39, 0.29) is 47.4 Å². The Morgan fingerprint density at radius 1 is 1.25 bits per heavy atom. The van der Waals surface area contributed by atoms with Crippen LogP contribution in [0.4, 0.5) is 0 Å². The predicted octanol–water partition coefficient (Wildman–Crippen LogP) is 3.36. The van der Waals surface area contributed by atoms with Gasteiger partial charge in [-0.1, -0.05) is 24.8 Å². The molecule has 0 bridgehead atoms. The van der Waals surface area contributed by atoms with E-state index in [9.17, 15) is 24.5 Å². The highest BCUT2D eigenvalue weighted by atomic mass is 16.6. The first-order valence-corrected chi connectivity index (χ1v) is 12.7. The highest BCUT2D eigenvalue weighted by Crippen LogP contribution is 2.13. The molecule has 12 nitrogen and oxygen atoms in total. The molecule has 0 aliphatic heterocycles. The van der Waals surface area contributed by atoms with Crippen molar-refractivity contribution in [3.05, 3.63) is 98.1 Å². The number of rotatable bonds is 12. The Labute approximate surface area is 229 Å². The Morgan fingerprint density at radius 3 is 2.70 bits per heavy atom. The predicted molar refractivity (Wildman–Crippen MR) is 148 cm³/mol. The fourth-order valence-electron chi connectivity index (χ4n) is 4.00. The lowest BCUT2D eigenvalue weighted by molar-refractivity contribution is -0.419. The van der Waals surface area contributed by atoms with Crippen LogP contribution in [0.15, 0.2) is 76.3 Å². The maximum Gasteiger partial charge on any atom is 0.341 e. The van der Waals surface area contributed by atoms with Crippen LogP contribution in [0.2, 0.25) is 0 Å². The fraction of sp³-hybridized carbons (Fsp3) is 0.321. The van der Waals surface area contributed by atoms with Crippen molar-refractivity contribution in [2.75, 3.05) is 19.8 Å². The maximum absolute atomic E-state index is 13.4. The van der Waals surface area contributed by atoms with Crippen LogP contribution in [0.25, 0.3) is 16.7 Å². The van der Waals surface area contributed by atoms with E-state index in [0.29, 0.717) is 30.9 Å². The number of carbonyl (C=O) groups is 2. The molecule has 3 aromatic rings. The molecule has 0 atom stereocenters. The van der Waals surface area contributed by atoms with Crippen LogP contribution >= 0.6 is 0 Å². The van der Waals surface area contributed by atoms with Gasteiger partial charge in [0, 0.05) is 44.0 Å². The summed E-state index contributed by atoms with van der Waals surface area (Å²) in [7, 11) is 0. The molecule has 12 heteroatoms. The van der Waals surface area contributed by atoms with Crippen molar-refractivity contribution in [3.63, 3.8) is 0 Å². The number of allylic oxidation sites excluding steroid dienone is 3. The summed E-state index contributed by atoms with van der Waals surface area (Å²) in [4.78, 5) is 58.8.